The molecule has 0 fully saturated rings. The zero-order chi connectivity index (χ0) is 16.2. The monoisotopic (exact) mass is 352 g/mol. The minimum Gasteiger partial charge on any atom is -0.316 e. The van der Waals surface area contributed by atoms with Gasteiger partial charge >= 0.3 is 0 Å². The van der Waals surface area contributed by atoms with E-state index in [1.165, 1.54) is 12.1 Å². The number of hydrogen-bond acceptors (Lipinski definition) is 3. The number of rotatable bonds is 7. The molecule has 1 aromatic rings. The first-order valence-corrected chi connectivity index (χ1v) is 9.05. The molecule has 0 saturated heterocycles. The van der Waals surface area contributed by atoms with E-state index in [-0.39, 0.29) is 15.8 Å². The second-order valence-electron chi connectivity index (χ2n) is 5.48. The first kappa shape index (κ1) is 18.7. The van der Waals surface area contributed by atoms with Gasteiger partial charge < -0.3 is 5.32 Å². The van der Waals surface area contributed by atoms with E-state index in [0.717, 1.165) is 0 Å². The lowest BCUT2D eigenvalue weighted by atomic mass is 9.99. The summed E-state index contributed by atoms with van der Waals surface area (Å²) in [5, 5.41) is 3.52. The molecule has 0 aromatic heterocycles. The van der Waals surface area contributed by atoms with Crippen molar-refractivity contribution in [3.8, 4) is 0 Å². The van der Waals surface area contributed by atoms with Crippen molar-refractivity contribution in [3.63, 3.8) is 0 Å². The quantitative estimate of drug-likeness (QED) is 0.791. The lowest BCUT2D eigenvalue weighted by Gasteiger charge is -2.17. The summed E-state index contributed by atoms with van der Waals surface area (Å²) < 4.78 is 27.4. The van der Waals surface area contributed by atoms with Crippen LogP contribution in [0.4, 0.5) is 0 Å². The average molecular weight is 353 g/mol. The predicted molar refractivity (Wildman–Crippen MR) is 88.4 cm³/mol. The van der Waals surface area contributed by atoms with Crippen molar-refractivity contribution in [1.29, 1.82) is 0 Å². The largest absolute Gasteiger partial charge is 0.316 e. The Morgan fingerprint density at radius 3 is 2.29 bits per heavy atom. The Morgan fingerprint density at radius 2 is 1.76 bits per heavy atom. The third-order valence-corrected chi connectivity index (χ3v) is 5.73. The number of benzene rings is 1. The van der Waals surface area contributed by atoms with Gasteiger partial charge in [-0.25, -0.2) is 13.1 Å². The minimum atomic E-state index is -3.65. The molecule has 7 heteroatoms. The molecule has 0 heterocycles. The van der Waals surface area contributed by atoms with Crippen LogP contribution in [-0.2, 0) is 16.6 Å². The highest BCUT2D eigenvalue weighted by Crippen LogP contribution is 2.28. The van der Waals surface area contributed by atoms with Crippen LogP contribution < -0.4 is 10.0 Å². The second-order valence-corrected chi connectivity index (χ2v) is 8.03. The van der Waals surface area contributed by atoms with Crippen molar-refractivity contribution in [2.24, 2.45) is 11.8 Å². The molecule has 0 aliphatic carbocycles. The van der Waals surface area contributed by atoms with Crippen molar-refractivity contribution in [3.05, 3.63) is 27.7 Å². The van der Waals surface area contributed by atoms with Gasteiger partial charge in [-0.2, -0.15) is 0 Å². The minimum absolute atomic E-state index is 0.0646. The SMILES string of the molecule is CNCc1cc(S(=O)(=O)NCC(C)C(C)C)c(Cl)cc1Cl. The van der Waals surface area contributed by atoms with E-state index in [0.29, 0.717) is 29.6 Å². The van der Waals surface area contributed by atoms with E-state index in [2.05, 4.69) is 23.9 Å². The standard InChI is InChI=1S/C14H22Cl2N2O2S/c1-9(2)10(3)7-18-21(19,20)14-5-11(8-17-4)12(15)6-13(14)16/h5-6,9-10,17-18H,7-8H2,1-4H3. The summed E-state index contributed by atoms with van der Waals surface area (Å²) in [6, 6.07) is 2.99. The van der Waals surface area contributed by atoms with Crippen molar-refractivity contribution < 1.29 is 8.42 Å². The molecule has 0 radical (unpaired) electrons. The maximum absolute atomic E-state index is 12.4. The fourth-order valence-corrected chi connectivity index (χ4v) is 3.66. The van der Waals surface area contributed by atoms with Gasteiger partial charge in [0, 0.05) is 18.1 Å². The molecule has 1 unspecified atom stereocenters. The van der Waals surface area contributed by atoms with E-state index in [1.54, 1.807) is 7.05 Å². The van der Waals surface area contributed by atoms with Gasteiger partial charge in [0.2, 0.25) is 10.0 Å². The third kappa shape index (κ3) is 5.11. The van der Waals surface area contributed by atoms with Crippen molar-refractivity contribution in [1.82, 2.24) is 10.0 Å². The van der Waals surface area contributed by atoms with Crippen molar-refractivity contribution >= 4 is 33.2 Å². The molecule has 21 heavy (non-hydrogen) atoms. The molecule has 4 nitrogen and oxygen atoms in total. The van der Waals surface area contributed by atoms with Gasteiger partial charge in [-0.05, 0) is 36.6 Å². The Bertz CT molecular complexity index is 589. The van der Waals surface area contributed by atoms with Gasteiger partial charge in [0.25, 0.3) is 0 Å². The maximum atomic E-state index is 12.4. The Labute approximate surface area is 137 Å². The van der Waals surface area contributed by atoms with E-state index in [4.69, 9.17) is 23.2 Å². The topological polar surface area (TPSA) is 58.2 Å². The molecule has 0 aliphatic heterocycles. The van der Waals surface area contributed by atoms with Crippen LogP contribution in [0.3, 0.4) is 0 Å². The van der Waals surface area contributed by atoms with Gasteiger partial charge in [-0.1, -0.05) is 44.0 Å². The van der Waals surface area contributed by atoms with Gasteiger partial charge in [-0.15, -0.1) is 0 Å². The first-order valence-electron chi connectivity index (χ1n) is 6.81. The van der Waals surface area contributed by atoms with Crippen LogP contribution in [0.1, 0.15) is 26.3 Å². The Kier molecular flexibility index (Phi) is 6.94. The van der Waals surface area contributed by atoms with Crippen molar-refractivity contribution in [2.75, 3.05) is 13.6 Å². The molecule has 120 valence electrons. The molecule has 2 N–H and O–H groups in total. The van der Waals surface area contributed by atoms with Crippen LogP contribution >= 0.6 is 23.2 Å². The fourth-order valence-electron chi connectivity index (χ4n) is 1.66. The first-order chi connectivity index (χ1) is 9.69. The number of halogens is 2. The van der Waals surface area contributed by atoms with E-state index >= 15 is 0 Å². The summed E-state index contributed by atoms with van der Waals surface area (Å²) in [4.78, 5) is 0.0646. The van der Waals surface area contributed by atoms with Gasteiger partial charge in [0.15, 0.2) is 0 Å². The molecule has 0 bridgehead atoms. The normalized spacial score (nSPS) is 13.7. The molecular formula is C14H22Cl2N2O2S. The van der Waals surface area contributed by atoms with Gasteiger partial charge in [0.05, 0.1) is 5.02 Å². The van der Waals surface area contributed by atoms with E-state index in [9.17, 15) is 8.42 Å². The lowest BCUT2D eigenvalue weighted by Crippen LogP contribution is -2.30. The fraction of sp³-hybridized carbons (Fsp3) is 0.571. The molecule has 0 saturated carbocycles. The van der Waals surface area contributed by atoms with Crippen LogP contribution in [-0.4, -0.2) is 22.0 Å². The zero-order valence-electron chi connectivity index (χ0n) is 12.7. The summed E-state index contributed by atoms with van der Waals surface area (Å²) >= 11 is 12.1. The van der Waals surface area contributed by atoms with Crippen LogP contribution in [0.25, 0.3) is 0 Å². The highest BCUT2D eigenvalue weighted by molar-refractivity contribution is 7.89. The molecule has 0 aliphatic rings. The lowest BCUT2D eigenvalue weighted by molar-refractivity contribution is 0.414. The zero-order valence-corrected chi connectivity index (χ0v) is 15.0. The summed E-state index contributed by atoms with van der Waals surface area (Å²) in [5.74, 6) is 0.635. The highest BCUT2D eigenvalue weighted by atomic mass is 35.5. The Hall–Kier alpha value is -0.330. The van der Waals surface area contributed by atoms with E-state index < -0.39 is 10.0 Å². The molecule has 0 spiro atoms. The molecule has 0 amide bonds. The predicted octanol–water partition coefficient (Wildman–Crippen LogP) is 3.28. The second kappa shape index (κ2) is 7.79. The van der Waals surface area contributed by atoms with Crippen LogP contribution in [0, 0.1) is 11.8 Å². The molecular weight excluding hydrogens is 331 g/mol. The van der Waals surface area contributed by atoms with Crippen molar-refractivity contribution in [2.45, 2.75) is 32.2 Å². The summed E-state index contributed by atoms with van der Waals surface area (Å²) in [7, 11) is -1.88. The van der Waals surface area contributed by atoms with Crippen LogP contribution in [0.2, 0.25) is 10.0 Å². The van der Waals surface area contributed by atoms with Gasteiger partial charge in [-0.3, -0.25) is 0 Å². The molecule has 1 rings (SSSR count). The smallest absolute Gasteiger partial charge is 0.242 e. The Balaban J connectivity index is 3.05. The summed E-state index contributed by atoms with van der Waals surface area (Å²) in [5.41, 5.74) is 0.695. The van der Waals surface area contributed by atoms with Crippen LogP contribution in [0.5, 0.6) is 0 Å². The summed E-state index contributed by atoms with van der Waals surface area (Å²) in [6.45, 7) is 6.96. The van der Waals surface area contributed by atoms with Crippen LogP contribution in [0.15, 0.2) is 17.0 Å². The molecule has 1 aromatic carbocycles. The summed E-state index contributed by atoms with van der Waals surface area (Å²) in [6.07, 6.45) is 0. The number of hydrogen-bond donors (Lipinski definition) is 2. The number of sulfonamides is 1. The third-order valence-electron chi connectivity index (χ3n) is 3.49. The number of nitrogens with one attached hydrogen (secondary N) is 2. The maximum Gasteiger partial charge on any atom is 0.242 e. The van der Waals surface area contributed by atoms with E-state index in [1.807, 2.05) is 6.92 Å². The highest BCUT2D eigenvalue weighted by Gasteiger charge is 2.21. The molecule has 1 atom stereocenters. The average Bonchev–Trinajstić information content (AvgIpc) is 2.38. The Morgan fingerprint density at radius 1 is 1.14 bits per heavy atom. The van der Waals surface area contributed by atoms with Gasteiger partial charge in [0.1, 0.15) is 4.90 Å².